The van der Waals surface area contributed by atoms with Gasteiger partial charge in [-0.25, -0.2) is 0 Å². The Balaban J connectivity index is 1.75. The molecule has 0 bridgehead atoms. The summed E-state index contributed by atoms with van der Waals surface area (Å²) in [6.45, 7) is 7.95. The summed E-state index contributed by atoms with van der Waals surface area (Å²) in [5.41, 5.74) is 0. The third-order valence-corrected chi connectivity index (χ3v) is 4.79. The molecule has 5 nitrogen and oxygen atoms in total. The molecule has 2 fully saturated rings. The van der Waals surface area contributed by atoms with Gasteiger partial charge in [0.1, 0.15) is 0 Å². The fourth-order valence-electron chi connectivity index (χ4n) is 3.42. The van der Waals surface area contributed by atoms with Crippen molar-refractivity contribution in [1.29, 1.82) is 0 Å². The number of piperidine rings is 2. The molecule has 5 heteroatoms. The maximum Gasteiger partial charge on any atom is 0.236 e. The van der Waals surface area contributed by atoms with Crippen LogP contribution in [-0.4, -0.2) is 60.4 Å². The van der Waals surface area contributed by atoms with E-state index in [2.05, 4.69) is 17.1 Å². The molecule has 1 unspecified atom stereocenters. The van der Waals surface area contributed by atoms with Crippen molar-refractivity contribution in [3.8, 4) is 0 Å². The van der Waals surface area contributed by atoms with E-state index in [1.807, 2.05) is 11.8 Å². The van der Waals surface area contributed by atoms with Crippen molar-refractivity contribution < 1.29 is 9.59 Å². The zero-order valence-electron chi connectivity index (χ0n) is 13.4. The fourth-order valence-corrected chi connectivity index (χ4v) is 3.42. The third kappa shape index (κ3) is 4.43. The number of carbonyl (C=O) groups is 2. The molecule has 2 heterocycles. The first-order valence-corrected chi connectivity index (χ1v) is 8.41. The number of likely N-dealkylation sites (tertiary alicyclic amines) is 2. The average Bonchev–Trinajstić information content (AvgIpc) is 2.48. The zero-order chi connectivity index (χ0) is 15.2. The molecule has 0 aliphatic carbocycles. The summed E-state index contributed by atoms with van der Waals surface area (Å²) in [4.78, 5) is 28.5. The second kappa shape index (κ2) is 7.78. The Bertz CT molecular complexity index is 365. The molecule has 1 N–H and O–H groups in total. The number of amides is 2. The van der Waals surface area contributed by atoms with Crippen LogP contribution in [0, 0.1) is 5.92 Å². The Morgan fingerprint density at radius 3 is 2.43 bits per heavy atom. The molecular formula is C16H29N3O2. The van der Waals surface area contributed by atoms with Crippen LogP contribution in [0.25, 0.3) is 0 Å². The van der Waals surface area contributed by atoms with Crippen molar-refractivity contribution in [2.75, 3.05) is 32.7 Å². The van der Waals surface area contributed by atoms with Crippen LogP contribution < -0.4 is 5.32 Å². The molecule has 0 aromatic rings. The molecule has 0 aromatic carbocycles. The second-order valence-electron chi connectivity index (χ2n) is 6.38. The van der Waals surface area contributed by atoms with Crippen LogP contribution in [0.1, 0.15) is 46.0 Å². The summed E-state index contributed by atoms with van der Waals surface area (Å²) in [6, 6.07) is 0.388. The molecule has 2 amide bonds. The number of nitrogens with zero attached hydrogens (tertiary/aromatic N) is 2. The van der Waals surface area contributed by atoms with Crippen molar-refractivity contribution >= 4 is 11.8 Å². The van der Waals surface area contributed by atoms with Gasteiger partial charge < -0.3 is 10.2 Å². The number of hydrogen-bond donors (Lipinski definition) is 1. The van der Waals surface area contributed by atoms with Gasteiger partial charge in [0.05, 0.1) is 6.54 Å². The van der Waals surface area contributed by atoms with E-state index in [1.165, 1.54) is 6.42 Å². The highest BCUT2D eigenvalue weighted by atomic mass is 16.2. The lowest BCUT2D eigenvalue weighted by atomic mass is 9.96. The second-order valence-corrected chi connectivity index (χ2v) is 6.38. The maximum atomic E-state index is 12.4. The normalized spacial score (nSPS) is 24.9. The highest BCUT2D eigenvalue weighted by molar-refractivity contribution is 5.79. The first-order valence-electron chi connectivity index (χ1n) is 8.41. The lowest BCUT2D eigenvalue weighted by molar-refractivity contribution is -0.136. The van der Waals surface area contributed by atoms with Crippen LogP contribution in [0.5, 0.6) is 0 Å². The summed E-state index contributed by atoms with van der Waals surface area (Å²) >= 11 is 0. The SMILES string of the molecule is CCNC(=O)C1CCN(CC(=O)N2CCCCC2C)CC1. The minimum Gasteiger partial charge on any atom is -0.356 e. The van der Waals surface area contributed by atoms with E-state index >= 15 is 0 Å². The molecule has 2 aliphatic rings. The zero-order valence-corrected chi connectivity index (χ0v) is 13.4. The van der Waals surface area contributed by atoms with E-state index in [0.29, 0.717) is 19.1 Å². The predicted molar refractivity (Wildman–Crippen MR) is 82.9 cm³/mol. The van der Waals surface area contributed by atoms with Gasteiger partial charge in [-0.1, -0.05) is 0 Å². The van der Waals surface area contributed by atoms with Gasteiger partial charge in [-0.05, 0) is 59.0 Å². The number of nitrogens with one attached hydrogen (secondary N) is 1. The van der Waals surface area contributed by atoms with Gasteiger partial charge in [0.25, 0.3) is 0 Å². The van der Waals surface area contributed by atoms with Gasteiger partial charge in [-0.15, -0.1) is 0 Å². The Kier molecular flexibility index (Phi) is 6.03. The van der Waals surface area contributed by atoms with Crippen molar-refractivity contribution in [3.63, 3.8) is 0 Å². The molecule has 1 atom stereocenters. The average molecular weight is 295 g/mol. The lowest BCUT2D eigenvalue weighted by Gasteiger charge is -2.36. The highest BCUT2D eigenvalue weighted by Gasteiger charge is 2.28. The van der Waals surface area contributed by atoms with Gasteiger partial charge in [-0.2, -0.15) is 0 Å². The summed E-state index contributed by atoms with van der Waals surface area (Å²) < 4.78 is 0. The van der Waals surface area contributed by atoms with Crippen LogP contribution in [0.4, 0.5) is 0 Å². The summed E-state index contributed by atoms with van der Waals surface area (Å²) in [7, 11) is 0. The van der Waals surface area contributed by atoms with E-state index in [0.717, 1.165) is 45.3 Å². The largest absolute Gasteiger partial charge is 0.356 e. The molecule has 2 rings (SSSR count). The molecule has 0 saturated carbocycles. The smallest absolute Gasteiger partial charge is 0.236 e. The van der Waals surface area contributed by atoms with Crippen molar-refractivity contribution in [2.24, 2.45) is 5.92 Å². The maximum absolute atomic E-state index is 12.4. The highest BCUT2D eigenvalue weighted by Crippen LogP contribution is 2.19. The predicted octanol–water partition coefficient (Wildman–Crippen LogP) is 1.24. The standard InChI is InChI=1S/C16H29N3O2/c1-3-17-16(21)14-7-10-18(11-8-14)12-15(20)19-9-5-4-6-13(19)2/h13-14H,3-12H2,1-2H3,(H,17,21). The van der Waals surface area contributed by atoms with Crippen LogP contribution in [0.3, 0.4) is 0 Å². The van der Waals surface area contributed by atoms with E-state index in [9.17, 15) is 9.59 Å². The summed E-state index contributed by atoms with van der Waals surface area (Å²) in [5, 5.41) is 2.90. The van der Waals surface area contributed by atoms with Crippen LogP contribution in [-0.2, 0) is 9.59 Å². The van der Waals surface area contributed by atoms with Crippen molar-refractivity contribution in [3.05, 3.63) is 0 Å². The van der Waals surface area contributed by atoms with Crippen LogP contribution in [0.2, 0.25) is 0 Å². The Morgan fingerprint density at radius 2 is 1.81 bits per heavy atom. The Labute approximate surface area is 128 Å². The first-order chi connectivity index (χ1) is 10.1. The van der Waals surface area contributed by atoms with Gasteiger partial charge in [0, 0.05) is 25.0 Å². The van der Waals surface area contributed by atoms with Crippen LogP contribution in [0.15, 0.2) is 0 Å². The third-order valence-electron chi connectivity index (χ3n) is 4.79. The van der Waals surface area contributed by atoms with E-state index in [1.54, 1.807) is 0 Å². The summed E-state index contributed by atoms with van der Waals surface area (Å²) in [5.74, 6) is 0.567. The molecule has 0 aromatic heterocycles. The van der Waals surface area contributed by atoms with Gasteiger partial charge in [-0.3, -0.25) is 14.5 Å². The van der Waals surface area contributed by atoms with Gasteiger partial charge in [0.15, 0.2) is 0 Å². The number of hydrogen-bond acceptors (Lipinski definition) is 3. The molecule has 2 aliphatic heterocycles. The van der Waals surface area contributed by atoms with Crippen molar-refractivity contribution in [1.82, 2.24) is 15.1 Å². The minimum absolute atomic E-state index is 0.130. The molecule has 0 radical (unpaired) electrons. The van der Waals surface area contributed by atoms with Gasteiger partial charge >= 0.3 is 0 Å². The van der Waals surface area contributed by atoms with E-state index in [4.69, 9.17) is 0 Å². The lowest BCUT2D eigenvalue weighted by Crippen LogP contribution is -2.49. The Morgan fingerprint density at radius 1 is 1.10 bits per heavy atom. The van der Waals surface area contributed by atoms with E-state index in [-0.39, 0.29) is 17.7 Å². The monoisotopic (exact) mass is 295 g/mol. The molecule has 2 saturated heterocycles. The number of carbonyl (C=O) groups excluding carboxylic acids is 2. The first kappa shape index (κ1) is 16.3. The quantitative estimate of drug-likeness (QED) is 0.849. The van der Waals surface area contributed by atoms with Gasteiger partial charge in [0.2, 0.25) is 11.8 Å². The molecule has 0 spiro atoms. The molecule has 21 heavy (non-hydrogen) atoms. The minimum atomic E-state index is 0.130. The van der Waals surface area contributed by atoms with Crippen LogP contribution >= 0.6 is 0 Å². The number of rotatable bonds is 4. The van der Waals surface area contributed by atoms with E-state index < -0.39 is 0 Å². The molecular weight excluding hydrogens is 266 g/mol. The summed E-state index contributed by atoms with van der Waals surface area (Å²) in [6.07, 6.45) is 5.24. The van der Waals surface area contributed by atoms with Crippen molar-refractivity contribution in [2.45, 2.75) is 52.0 Å². The molecule has 120 valence electrons. The Hall–Kier alpha value is -1.10. The topological polar surface area (TPSA) is 52.7 Å². The fraction of sp³-hybridized carbons (Fsp3) is 0.875.